The Morgan fingerprint density at radius 2 is 2.05 bits per heavy atom. The van der Waals surface area contributed by atoms with Crippen LogP contribution in [0.1, 0.15) is 20.3 Å². The first-order valence-corrected chi connectivity index (χ1v) is 5.73. The van der Waals surface area contributed by atoms with Gasteiger partial charge in [0.1, 0.15) is 5.78 Å². The van der Waals surface area contributed by atoms with Crippen molar-refractivity contribution in [2.45, 2.75) is 20.3 Å². The van der Waals surface area contributed by atoms with Gasteiger partial charge in [0.15, 0.2) is 11.6 Å². The smallest absolute Gasteiger partial charge is 0.256 e. The summed E-state index contributed by atoms with van der Waals surface area (Å²) in [4.78, 5) is 23.2. The van der Waals surface area contributed by atoms with E-state index in [0.29, 0.717) is 5.71 Å². The van der Waals surface area contributed by atoms with Gasteiger partial charge in [-0.05, 0) is 26.0 Å². The summed E-state index contributed by atoms with van der Waals surface area (Å²) >= 11 is 0. The average molecular weight is 266 g/mol. The molecule has 6 heteroatoms. The average Bonchev–Trinajstić information content (AvgIpc) is 2.60. The number of hydrazone groups is 1. The molecule has 0 saturated carbocycles. The normalized spacial score (nSPS) is 18.7. The Bertz CT molecular complexity index is 584. The molecule has 2 rings (SSSR count). The summed E-state index contributed by atoms with van der Waals surface area (Å²) in [6.07, 6.45) is 0.0638. The lowest BCUT2D eigenvalue weighted by Crippen LogP contribution is -2.28. The fourth-order valence-corrected chi connectivity index (χ4v) is 1.93. The van der Waals surface area contributed by atoms with Gasteiger partial charge in [0.2, 0.25) is 0 Å². The van der Waals surface area contributed by atoms with Crippen LogP contribution in [0.25, 0.3) is 0 Å². The summed E-state index contributed by atoms with van der Waals surface area (Å²) in [6, 6.07) is 3.10. The van der Waals surface area contributed by atoms with Gasteiger partial charge >= 0.3 is 0 Å². The topological polar surface area (TPSA) is 49.7 Å². The van der Waals surface area contributed by atoms with E-state index in [1.165, 1.54) is 13.0 Å². The fraction of sp³-hybridized carbons (Fsp3) is 0.308. The van der Waals surface area contributed by atoms with Crippen LogP contribution in [0, 0.1) is 17.6 Å². The van der Waals surface area contributed by atoms with Gasteiger partial charge in [0.05, 0.1) is 11.6 Å². The summed E-state index contributed by atoms with van der Waals surface area (Å²) in [5.74, 6) is -3.19. The van der Waals surface area contributed by atoms with E-state index in [2.05, 4.69) is 5.10 Å². The molecule has 1 heterocycles. The summed E-state index contributed by atoms with van der Waals surface area (Å²) in [5.41, 5.74) is 0.638. The number of anilines is 1. The maximum atomic E-state index is 13.1. The molecule has 100 valence electrons. The van der Waals surface area contributed by atoms with Crippen molar-refractivity contribution in [2.75, 3.05) is 5.01 Å². The van der Waals surface area contributed by atoms with Crippen molar-refractivity contribution in [1.29, 1.82) is 0 Å². The highest BCUT2D eigenvalue weighted by Crippen LogP contribution is 2.26. The molecular weight excluding hydrogens is 254 g/mol. The Labute approximate surface area is 108 Å². The highest BCUT2D eigenvalue weighted by atomic mass is 19.2. The van der Waals surface area contributed by atoms with Crippen molar-refractivity contribution >= 4 is 23.1 Å². The predicted molar refractivity (Wildman–Crippen MR) is 65.7 cm³/mol. The van der Waals surface area contributed by atoms with Crippen LogP contribution in [0.15, 0.2) is 23.3 Å². The lowest BCUT2D eigenvalue weighted by molar-refractivity contribution is -0.124. The third-order valence-electron chi connectivity index (χ3n) is 2.91. The zero-order chi connectivity index (χ0) is 14.2. The Morgan fingerprint density at radius 1 is 1.37 bits per heavy atom. The molecule has 4 nitrogen and oxygen atoms in total. The first-order valence-electron chi connectivity index (χ1n) is 5.73. The number of amides is 1. The molecule has 1 aliphatic heterocycles. The number of rotatable bonds is 3. The van der Waals surface area contributed by atoms with Gasteiger partial charge in [-0.25, -0.2) is 13.8 Å². The molecular formula is C13H12F2N2O2. The van der Waals surface area contributed by atoms with E-state index in [0.717, 1.165) is 17.1 Å². The van der Waals surface area contributed by atoms with Gasteiger partial charge in [-0.2, -0.15) is 5.10 Å². The highest BCUT2D eigenvalue weighted by Gasteiger charge is 2.35. The van der Waals surface area contributed by atoms with Crippen molar-refractivity contribution in [3.05, 3.63) is 29.8 Å². The van der Waals surface area contributed by atoms with Crippen LogP contribution in [0.3, 0.4) is 0 Å². The molecule has 19 heavy (non-hydrogen) atoms. The summed E-state index contributed by atoms with van der Waals surface area (Å²) < 4.78 is 26.0. The number of benzene rings is 1. The predicted octanol–water partition coefficient (Wildman–Crippen LogP) is 2.28. The number of nitrogens with zero attached hydrogens (tertiary/aromatic N) is 2. The van der Waals surface area contributed by atoms with Gasteiger partial charge in [0, 0.05) is 18.2 Å². The molecule has 1 amide bonds. The van der Waals surface area contributed by atoms with Crippen molar-refractivity contribution in [3.8, 4) is 0 Å². The number of ketones is 1. The van der Waals surface area contributed by atoms with Crippen LogP contribution < -0.4 is 5.01 Å². The first-order chi connectivity index (χ1) is 8.90. The van der Waals surface area contributed by atoms with Crippen molar-refractivity contribution in [1.82, 2.24) is 0 Å². The SMILES string of the molecule is CC(=O)CC1C(=O)N(c2ccc(F)c(F)c2)N=C1C. The molecule has 1 aliphatic rings. The van der Waals surface area contributed by atoms with Crippen molar-refractivity contribution < 1.29 is 18.4 Å². The Morgan fingerprint density at radius 3 is 2.63 bits per heavy atom. The lowest BCUT2D eigenvalue weighted by Gasteiger charge is -2.13. The van der Waals surface area contributed by atoms with E-state index < -0.39 is 23.5 Å². The van der Waals surface area contributed by atoms with Gasteiger partial charge in [0.25, 0.3) is 5.91 Å². The molecule has 0 bridgehead atoms. The minimum absolute atomic E-state index is 0.0638. The monoisotopic (exact) mass is 266 g/mol. The molecule has 1 atom stereocenters. The molecule has 0 saturated heterocycles. The number of hydrogen-bond acceptors (Lipinski definition) is 3. The van der Waals surface area contributed by atoms with E-state index in [9.17, 15) is 18.4 Å². The number of carbonyl (C=O) groups excluding carboxylic acids is 2. The van der Waals surface area contributed by atoms with E-state index in [-0.39, 0.29) is 17.9 Å². The van der Waals surface area contributed by atoms with Gasteiger partial charge < -0.3 is 0 Å². The van der Waals surface area contributed by atoms with E-state index in [1.54, 1.807) is 6.92 Å². The second-order valence-electron chi connectivity index (χ2n) is 4.45. The third kappa shape index (κ3) is 2.52. The number of halogens is 2. The Hall–Kier alpha value is -2.11. The lowest BCUT2D eigenvalue weighted by atomic mass is 9.98. The van der Waals surface area contributed by atoms with Crippen LogP contribution in [0.2, 0.25) is 0 Å². The highest BCUT2D eigenvalue weighted by molar-refractivity contribution is 6.16. The summed E-state index contributed by atoms with van der Waals surface area (Å²) in [5, 5.41) is 5.01. The van der Waals surface area contributed by atoms with Crippen LogP contribution in [0.4, 0.5) is 14.5 Å². The quantitative estimate of drug-likeness (QED) is 0.842. The maximum absolute atomic E-state index is 13.1. The standard InChI is InChI=1S/C13H12F2N2O2/c1-7(18)5-10-8(2)16-17(13(10)19)9-3-4-11(14)12(15)6-9/h3-4,6,10H,5H2,1-2H3. The van der Waals surface area contributed by atoms with Gasteiger partial charge in [-0.1, -0.05) is 0 Å². The Kier molecular flexibility index (Phi) is 3.42. The first kappa shape index (κ1) is 13.3. The molecule has 0 N–H and O–H groups in total. The second kappa shape index (κ2) is 4.87. The second-order valence-corrected chi connectivity index (χ2v) is 4.45. The Balaban J connectivity index is 2.30. The zero-order valence-electron chi connectivity index (χ0n) is 10.5. The summed E-state index contributed by atoms with van der Waals surface area (Å²) in [6.45, 7) is 3.02. The molecule has 0 aromatic heterocycles. The third-order valence-corrected chi connectivity index (χ3v) is 2.91. The minimum Gasteiger partial charge on any atom is -0.300 e. The number of carbonyl (C=O) groups is 2. The number of hydrogen-bond donors (Lipinski definition) is 0. The number of Topliss-reactive ketones (excluding diaryl/α,β-unsaturated/α-hetero) is 1. The molecule has 0 fully saturated rings. The molecule has 1 aromatic carbocycles. The zero-order valence-corrected chi connectivity index (χ0v) is 10.5. The van der Waals surface area contributed by atoms with E-state index >= 15 is 0 Å². The van der Waals surface area contributed by atoms with Crippen molar-refractivity contribution in [2.24, 2.45) is 11.0 Å². The minimum atomic E-state index is -1.05. The van der Waals surface area contributed by atoms with Gasteiger partial charge in [-0.15, -0.1) is 0 Å². The van der Waals surface area contributed by atoms with Crippen LogP contribution in [-0.4, -0.2) is 17.4 Å². The molecule has 0 aliphatic carbocycles. The molecule has 0 radical (unpaired) electrons. The summed E-state index contributed by atoms with van der Waals surface area (Å²) in [7, 11) is 0. The molecule has 1 aromatic rings. The largest absolute Gasteiger partial charge is 0.300 e. The van der Waals surface area contributed by atoms with E-state index in [4.69, 9.17) is 0 Å². The van der Waals surface area contributed by atoms with Crippen LogP contribution in [0.5, 0.6) is 0 Å². The van der Waals surface area contributed by atoms with E-state index in [1.807, 2.05) is 0 Å². The van der Waals surface area contributed by atoms with Crippen molar-refractivity contribution in [3.63, 3.8) is 0 Å². The fourth-order valence-electron chi connectivity index (χ4n) is 1.93. The maximum Gasteiger partial charge on any atom is 0.256 e. The molecule has 0 spiro atoms. The van der Waals surface area contributed by atoms with Crippen LogP contribution >= 0.6 is 0 Å². The van der Waals surface area contributed by atoms with Crippen LogP contribution in [-0.2, 0) is 9.59 Å². The molecule has 1 unspecified atom stereocenters. The van der Waals surface area contributed by atoms with Gasteiger partial charge in [-0.3, -0.25) is 9.59 Å².